The minimum atomic E-state index is 0.199. The highest BCUT2D eigenvalue weighted by Crippen LogP contribution is 2.20. The van der Waals surface area contributed by atoms with Gasteiger partial charge in [-0.15, -0.1) is 0 Å². The number of fused-ring (bicyclic) bond motifs is 1. The van der Waals surface area contributed by atoms with E-state index in [4.69, 9.17) is 0 Å². The third-order valence-electron chi connectivity index (χ3n) is 4.11. The monoisotopic (exact) mass is 286 g/mol. The van der Waals surface area contributed by atoms with E-state index >= 15 is 0 Å². The molecule has 2 aromatic rings. The number of imidazole rings is 1. The number of hydrogen-bond donors (Lipinski definition) is 0. The predicted octanol–water partition coefficient (Wildman–Crippen LogP) is 4.38. The molecule has 0 radical (unpaired) electrons. The summed E-state index contributed by atoms with van der Waals surface area (Å²) in [5.41, 5.74) is 2.12. The Balaban J connectivity index is 2.23. The molecule has 1 heterocycles. The van der Waals surface area contributed by atoms with Crippen LogP contribution < -0.4 is 0 Å². The number of aromatic nitrogens is 2. The average Bonchev–Trinajstić information content (AvgIpc) is 2.83. The van der Waals surface area contributed by atoms with E-state index in [1.165, 1.54) is 0 Å². The van der Waals surface area contributed by atoms with E-state index in [1.807, 2.05) is 18.2 Å². The molecule has 0 amide bonds. The molecule has 21 heavy (non-hydrogen) atoms. The smallest absolute Gasteiger partial charge is 0.143 e. The van der Waals surface area contributed by atoms with Gasteiger partial charge in [0.05, 0.1) is 17.5 Å². The van der Waals surface area contributed by atoms with E-state index in [1.54, 1.807) is 0 Å². The molecule has 2 rings (SSSR count). The second-order valence-corrected chi connectivity index (χ2v) is 5.68. The lowest BCUT2D eigenvalue weighted by molar-refractivity contribution is -0.122. The topological polar surface area (TPSA) is 34.9 Å². The van der Waals surface area contributed by atoms with Gasteiger partial charge in [0.25, 0.3) is 0 Å². The van der Waals surface area contributed by atoms with E-state index in [0.717, 1.165) is 49.1 Å². The number of carbonyl (C=O) groups is 1. The zero-order valence-corrected chi connectivity index (χ0v) is 13.4. The van der Waals surface area contributed by atoms with Gasteiger partial charge in [-0.1, -0.05) is 38.8 Å². The largest absolute Gasteiger partial charge is 0.328 e. The van der Waals surface area contributed by atoms with Gasteiger partial charge in [-0.2, -0.15) is 0 Å². The number of nitrogens with zero attached hydrogens (tertiary/aromatic N) is 2. The van der Waals surface area contributed by atoms with Gasteiger partial charge < -0.3 is 4.57 Å². The third-order valence-corrected chi connectivity index (χ3v) is 4.11. The average molecular weight is 286 g/mol. The third kappa shape index (κ3) is 3.52. The Morgan fingerprint density at radius 1 is 1.14 bits per heavy atom. The number of aryl methyl sites for hydroxylation is 1. The van der Waals surface area contributed by atoms with Crippen LogP contribution in [0.1, 0.15) is 52.3 Å². The molecule has 3 nitrogen and oxygen atoms in total. The number of ketones is 1. The van der Waals surface area contributed by atoms with Gasteiger partial charge in [-0.05, 0) is 31.9 Å². The summed E-state index contributed by atoms with van der Waals surface area (Å²) in [6.45, 7) is 7.27. The summed E-state index contributed by atoms with van der Waals surface area (Å²) in [7, 11) is 0. The lowest BCUT2D eigenvalue weighted by Gasteiger charge is -2.14. The van der Waals surface area contributed by atoms with Crippen molar-refractivity contribution in [2.75, 3.05) is 0 Å². The lowest BCUT2D eigenvalue weighted by Crippen LogP contribution is -2.19. The first-order valence-corrected chi connectivity index (χ1v) is 8.18. The number of carbonyl (C=O) groups excluding carboxylic acids is 1. The van der Waals surface area contributed by atoms with E-state index < -0.39 is 0 Å². The lowest BCUT2D eigenvalue weighted by atomic mass is 9.92. The molecular formula is C18H26N2O. The molecule has 0 spiro atoms. The molecule has 0 aliphatic rings. The van der Waals surface area contributed by atoms with Gasteiger partial charge in [0.1, 0.15) is 11.6 Å². The normalized spacial score (nSPS) is 11.4. The van der Waals surface area contributed by atoms with Crippen LogP contribution in [0, 0.1) is 5.92 Å². The Morgan fingerprint density at radius 2 is 1.81 bits per heavy atom. The van der Waals surface area contributed by atoms with Crippen molar-refractivity contribution in [1.29, 1.82) is 0 Å². The maximum absolute atomic E-state index is 12.6. The fourth-order valence-electron chi connectivity index (χ4n) is 3.08. The van der Waals surface area contributed by atoms with Crippen molar-refractivity contribution in [2.24, 2.45) is 5.92 Å². The summed E-state index contributed by atoms with van der Waals surface area (Å²) in [6.07, 6.45) is 4.60. The number of para-hydroxylation sites is 2. The van der Waals surface area contributed by atoms with Crippen molar-refractivity contribution in [3.63, 3.8) is 0 Å². The first-order valence-electron chi connectivity index (χ1n) is 8.18. The summed E-state index contributed by atoms with van der Waals surface area (Å²) in [5.74, 6) is 1.47. The van der Waals surface area contributed by atoms with Crippen LogP contribution in [-0.4, -0.2) is 15.3 Å². The van der Waals surface area contributed by atoms with Gasteiger partial charge in [0.15, 0.2) is 0 Å². The maximum Gasteiger partial charge on any atom is 0.143 e. The molecule has 3 heteroatoms. The highest BCUT2D eigenvalue weighted by molar-refractivity contribution is 5.84. The molecule has 0 fully saturated rings. The van der Waals surface area contributed by atoms with Crippen LogP contribution in [0.15, 0.2) is 24.3 Å². The molecule has 114 valence electrons. The van der Waals surface area contributed by atoms with E-state index in [-0.39, 0.29) is 5.92 Å². The van der Waals surface area contributed by atoms with Gasteiger partial charge in [-0.25, -0.2) is 4.98 Å². The van der Waals surface area contributed by atoms with Gasteiger partial charge in [0.2, 0.25) is 0 Å². The molecular weight excluding hydrogens is 260 g/mol. The first-order chi connectivity index (χ1) is 10.2. The standard InChI is InChI=1S/C18H26N2O/c1-4-9-14(10-5-2)17(21)13-18-19-15-11-7-8-12-16(15)20(18)6-3/h7-8,11-12,14H,4-6,9-10,13H2,1-3H3. The number of benzene rings is 1. The number of hydrogen-bond acceptors (Lipinski definition) is 2. The maximum atomic E-state index is 12.6. The number of rotatable bonds is 8. The summed E-state index contributed by atoms with van der Waals surface area (Å²) in [5, 5.41) is 0. The van der Waals surface area contributed by atoms with Crippen molar-refractivity contribution in [3.05, 3.63) is 30.1 Å². The van der Waals surface area contributed by atoms with Crippen LogP contribution in [-0.2, 0) is 17.8 Å². The summed E-state index contributed by atoms with van der Waals surface area (Å²) < 4.78 is 2.17. The zero-order valence-electron chi connectivity index (χ0n) is 13.4. The van der Waals surface area contributed by atoms with E-state index in [0.29, 0.717) is 12.2 Å². The molecule has 0 saturated carbocycles. The molecule has 0 unspecified atom stereocenters. The second kappa shape index (κ2) is 7.39. The van der Waals surface area contributed by atoms with Crippen LogP contribution in [0.25, 0.3) is 11.0 Å². The van der Waals surface area contributed by atoms with Crippen molar-refractivity contribution in [2.45, 2.75) is 59.4 Å². The Hall–Kier alpha value is -1.64. The first kappa shape index (κ1) is 15.7. The van der Waals surface area contributed by atoms with Crippen molar-refractivity contribution < 1.29 is 4.79 Å². The van der Waals surface area contributed by atoms with Crippen LogP contribution in [0.5, 0.6) is 0 Å². The van der Waals surface area contributed by atoms with Crippen molar-refractivity contribution >= 4 is 16.8 Å². The predicted molar refractivity (Wildman–Crippen MR) is 87.4 cm³/mol. The van der Waals surface area contributed by atoms with Crippen molar-refractivity contribution in [1.82, 2.24) is 9.55 Å². The van der Waals surface area contributed by atoms with Crippen LogP contribution in [0.3, 0.4) is 0 Å². The number of Topliss-reactive ketones (excluding diaryl/α,β-unsaturated/α-hetero) is 1. The molecule has 0 N–H and O–H groups in total. The minimum Gasteiger partial charge on any atom is -0.328 e. The summed E-state index contributed by atoms with van der Waals surface area (Å²) in [6, 6.07) is 8.12. The molecule has 0 bridgehead atoms. The fraction of sp³-hybridized carbons (Fsp3) is 0.556. The molecule has 0 aliphatic heterocycles. The Labute approximate surface area is 127 Å². The van der Waals surface area contributed by atoms with Gasteiger partial charge >= 0.3 is 0 Å². The molecule has 0 aliphatic carbocycles. The Morgan fingerprint density at radius 3 is 2.43 bits per heavy atom. The van der Waals surface area contributed by atoms with Crippen LogP contribution >= 0.6 is 0 Å². The van der Waals surface area contributed by atoms with E-state index in [2.05, 4.69) is 36.4 Å². The molecule has 0 atom stereocenters. The SMILES string of the molecule is CCCC(CCC)C(=O)Cc1nc2ccccc2n1CC. The van der Waals surface area contributed by atoms with Gasteiger partial charge in [0, 0.05) is 12.5 Å². The minimum absolute atomic E-state index is 0.199. The highest BCUT2D eigenvalue weighted by Gasteiger charge is 2.20. The molecule has 1 aromatic carbocycles. The summed E-state index contributed by atoms with van der Waals surface area (Å²) >= 11 is 0. The second-order valence-electron chi connectivity index (χ2n) is 5.68. The Kier molecular flexibility index (Phi) is 5.54. The fourth-order valence-corrected chi connectivity index (χ4v) is 3.08. The van der Waals surface area contributed by atoms with Crippen LogP contribution in [0.2, 0.25) is 0 Å². The van der Waals surface area contributed by atoms with Crippen molar-refractivity contribution in [3.8, 4) is 0 Å². The van der Waals surface area contributed by atoms with Crippen LogP contribution in [0.4, 0.5) is 0 Å². The molecule has 1 aromatic heterocycles. The molecule has 0 saturated heterocycles. The quantitative estimate of drug-likeness (QED) is 0.721. The Bertz CT molecular complexity index is 594. The zero-order chi connectivity index (χ0) is 15.2. The highest BCUT2D eigenvalue weighted by atomic mass is 16.1. The van der Waals surface area contributed by atoms with Gasteiger partial charge in [-0.3, -0.25) is 4.79 Å². The summed E-state index contributed by atoms with van der Waals surface area (Å²) in [4.78, 5) is 17.3. The van der Waals surface area contributed by atoms with E-state index in [9.17, 15) is 4.79 Å².